The number of esters is 1. The van der Waals surface area contributed by atoms with E-state index in [0.717, 1.165) is 35.6 Å². The van der Waals surface area contributed by atoms with Gasteiger partial charge < -0.3 is 9.72 Å². The third-order valence-electron chi connectivity index (χ3n) is 5.42. The molecule has 1 N–H and O–H groups in total. The average Bonchev–Trinajstić information content (AvgIpc) is 3.32. The highest BCUT2D eigenvalue weighted by molar-refractivity contribution is 7.20. The van der Waals surface area contributed by atoms with E-state index >= 15 is 0 Å². The first-order valence-electron chi connectivity index (χ1n) is 9.62. The number of aryl methyl sites for hydroxylation is 3. The summed E-state index contributed by atoms with van der Waals surface area (Å²) in [6.45, 7) is 4.09. The zero-order chi connectivity index (χ0) is 21.0. The molecular formula is C21H18N4O4S. The normalized spacial score (nSPS) is 13.1. The highest BCUT2D eigenvalue weighted by Crippen LogP contribution is 2.29. The van der Waals surface area contributed by atoms with Crippen molar-refractivity contribution in [2.75, 3.05) is 0 Å². The van der Waals surface area contributed by atoms with Gasteiger partial charge in [-0.2, -0.15) is 0 Å². The minimum absolute atomic E-state index is 0.101. The maximum atomic E-state index is 12.8. The molecule has 0 saturated carbocycles. The van der Waals surface area contributed by atoms with Crippen LogP contribution in [0.15, 0.2) is 27.8 Å². The smallest absolute Gasteiger partial charge is 0.349 e. The van der Waals surface area contributed by atoms with Crippen LogP contribution >= 0.6 is 11.3 Å². The Labute approximate surface area is 174 Å². The van der Waals surface area contributed by atoms with Gasteiger partial charge in [-0.05, 0) is 37.5 Å². The molecule has 9 heteroatoms. The van der Waals surface area contributed by atoms with Gasteiger partial charge in [0.15, 0.2) is 0 Å². The van der Waals surface area contributed by atoms with E-state index in [1.165, 1.54) is 0 Å². The van der Waals surface area contributed by atoms with Gasteiger partial charge in [0, 0.05) is 13.0 Å². The number of aromatic nitrogens is 4. The largest absolute Gasteiger partial charge is 0.453 e. The molecule has 1 aliphatic rings. The molecule has 0 fully saturated rings. The van der Waals surface area contributed by atoms with Gasteiger partial charge in [-0.1, -0.05) is 12.1 Å². The molecule has 0 spiro atoms. The summed E-state index contributed by atoms with van der Waals surface area (Å²) >= 11 is 1.16. The van der Waals surface area contributed by atoms with Gasteiger partial charge in [-0.25, -0.2) is 14.8 Å². The second-order valence-electron chi connectivity index (χ2n) is 7.38. The molecule has 0 amide bonds. The van der Waals surface area contributed by atoms with Crippen LogP contribution < -0.4 is 11.1 Å². The van der Waals surface area contributed by atoms with Crippen molar-refractivity contribution < 1.29 is 9.53 Å². The Morgan fingerprint density at radius 2 is 2.10 bits per heavy atom. The molecule has 5 rings (SSSR count). The van der Waals surface area contributed by atoms with Crippen molar-refractivity contribution in [3.05, 3.63) is 66.6 Å². The highest BCUT2D eigenvalue weighted by Gasteiger charge is 2.24. The number of para-hydroxylation sites is 1. The SMILES string of the molecule is Cc1cccc2c(=O)[nH]c(COC(=O)c3sc4nc5n(c(=O)c4c3C)CCC5)nc12. The summed E-state index contributed by atoms with van der Waals surface area (Å²) in [6, 6.07) is 5.37. The lowest BCUT2D eigenvalue weighted by molar-refractivity contribution is 0.0467. The minimum Gasteiger partial charge on any atom is -0.453 e. The summed E-state index contributed by atoms with van der Waals surface area (Å²) in [4.78, 5) is 50.4. The zero-order valence-corrected chi connectivity index (χ0v) is 17.3. The average molecular weight is 422 g/mol. The van der Waals surface area contributed by atoms with E-state index in [1.807, 2.05) is 13.0 Å². The van der Waals surface area contributed by atoms with Gasteiger partial charge in [0.2, 0.25) is 0 Å². The number of benzene rings is 1. The number of hydrogen-bond acceptors (Lipinski definition) is 7. The van der Waals surface area contributed by atoms with E-state index in [4.69, 9.17) is 4.74 Å². The summed E-state index contributed by atoms with van der Waals surface area (Å²) in [5.74, 6) is 0.473. The fourth-order valence-electron chi connectivity index (χ4n) is 3.89. The van der Waals surface area contributed by atoms with Crippen molar-refractivity contribution in [1.82, 2.24) is 19.5 Å². The lowest BCUT2D eigenvalue weighted by Crippen LogP contribution is -2.20. The molecular weight excluding hydrogens is 404 g/mol. The van der Waals surface area contributed by atoms with Crippen molar-refractivity contribution >= 4 is 38.4 Å². The van der Waals surface area contributed by atoms with Crippen LogP contribution in [0.5, 0.6) is 0 Å². The number of hydrogen-bond donors (Lipinski definition) is 1. The predicted molar refractivity (Wildman–Crippen MR) is 113 cm³/mol. The van der Waals surface area contributed by atoms with E-state index in [0.29, 0.717) is 38.1 Å². The third-order valence-corrected chi connectivity index (χ3v) is 6.59. The van der Waals surface area contributed by atoms with E-state index in [1.54, 1.807) is 23.6 Å². The Morgan fingerprint density at radius 1 is 1.27 bits per heavy atom. The molecule has 0 bridgehead atoms. The fraction of sp³-hybridized carbons (Fsp3) is 0.286. The van der Waals surface area contributed by atoms with Gasteiger partial charge in [-0.15, -0.1) is 11.3 Å². The zero-order valence-electron chi connectivity index (χ0n) is 16.4. The van der Waals surface area contributed by atoms with Crippen molar-refractivity contribution in [2.45, 2.75) is 39.8 Å². The predicted octanol–water partition coefficient (Wildman–Crippen LogP) is 2.61. The molecule has 0 saturated heterocycles. The van der Waals surface area contributed by atoms with Gasteiger partial charge in [0.05, 0.1) is 16.3 Å². The van der Waals surface area contributed by atoms with E-state index in [9.17, 15) is 14.4 Å². The molecule has 4 aromatic rings. The van der Waals surface area contributed by atoms with Crippen LogP contribution in [0.3, 0.4) is 0 Å². The first-order valence-corrected chi connectivity index (χ1v) is 10.4. The topological polar surface area (TPSA) is 107 Å². The van der Waals surface area contributed by atoms with Crippen molar-refractivity contribution in [2.24, 2.45) is 0 Å². The van der Waals surface area contributed by atoms with Crippen molar-refractivity contribution in [3.8, 4) is 0 Å². The molecule has 152 valence electrons. The van der Waals surface area contributed by atoms with E-state index in [2.05, 4.69) is 15.0 Å². The number of ether oxygens (including phenoxy) is 1. The Bertz CT molecular complexity index is 1460. The Hall–Kier alpha value is -3.33. The minimum atomic E-state index is -0.562. The molecule has 3 aromatic heterocycles. The number of fused-ring (bicyclic) bond motifs is 3. The maximum absolute atomic E-state index is 12.8. The lowest BCUT2D eigenvalue weighted by atomic mass is 10.1. The Kier molecular flexibility index (Phi) is 4.28. The summed E-state index contributed by atoms with van der Waals surface area (Å²) < 4.78 is 7.09. The number of H-pyrrole nitrogens is 1. The van der Waals surface area contributed by atoms with Crippen LogP contribution in [0.25, 0.3) is 21.1 Å². The Morgan fingerprint density at radius 3 is 2.93 bits per heavy atom. The van der Waals surface area contributed by atoms with Crippen LogP contribution in [0.2, 0.25) is 0 Å². The van der Waals surface area contributed by atoms with Crippen LogP contribution in [-0.4, -0.2) is 25.5 Å². The highest BCUT2D eigenvalue weighted by atomic mass is 32.1. The van der Waals surface area contributed by atoms with E-state index in [-0.39, 0.29) is 23.5 Å². The second-order valence-corrected chi connectivity index (χ2v) is 8.38. The number of carbonyl (C=O) groups excluding carboxylic acids is 1. The Balaban J connectivity index is 1.46. The van der Waals surface area contributed by atoms with Gasteiger partial charge >= 0.3 is 5.97 Å². The molecule has 4 heterocycles. The van der Waals surface area contributed by atoms with Crippen LogP contribution in [0.4, 0.5) is 0 Å². The van der Waals surface area contributed by atoms with Crippen LogP contribution in [0.1, 0.15) is 38.9 Å². The van der Waals surface area contributed by atoms with Crippen molar-refractivity contribution in [3.63, 3.8) is 0 Å². The number of thiophene rings is 1. The van der Waals surface area contributed by atoms with Gasteiger partial charge in [0.25, 0.3) is 11.1 Å². The van der Waals surface area contributed by atoms with E-state index < -0.39 is 5.97 Å². The molecule has 0 unspecified atom stereocenters. The number of rotatable bonds is 3. The molecule has 0 aliphatic carbocycles. The first-order chi connectivity index (χ1) is 14.4. The molecule has 1 aromatic carbocycles. The lowest BCUT2D eigenvalue weighted by Gasteiger charge is -2.06. The molecule has 0 atom stereocenters. The summed E-state index contributed by atoms with van der Waals surface area (Å²) in [5.41, 5.74) is 1.65. The standard InChI is InChI=1S/C21H18N4O4S/c1-10-5-3-6-12-16(10)22-13(23-18(12)26)9-29-21(28)17-11(2)15-19(30-17)24-14-7-4-8-25(14)20(15)27/h3,5-6H,4,7-9H2,1-2H3,(H,22,23,26). The monoisotopic (exact) mass is 422 g/mol. The summed E-state index contributed by atoms with van der Waals surface area (Å²) in [5, 5.41) is 0.968. The van der Waals surface area contributed by atoms with Crippen LogP contribution in [-0.2, 0) is 24.3 Å². The summed E-state index contributed by atoms with van der Waals surface area (Å²) in [7, 11) is 0. The van der Waals surface area contributed by atoms with Crippen molar-refractivity contribution in [1.29, 1.82) is 0 Å². The number of aromatic amines is 1. The summed E-state index contributed by atoms with van der Waals surface area (Å²) in [6.07, 6.45) is 1.67. The van der Waals surface area contributed by atoms with Crippen LogP contribution in [0, 0.1) is 13.8 Å². The molecule has 1 aliphatic heterocycles. The molecule has 30 heavy (non-hydrogen) atoms. The maximum Gasteiger partial charge on any atom is 0.349 e. The number of nitrogens with zero attached hydrogens (tertiary/aromatic N) is 3. The van der Waals surface area contributed by atoms with Gasteiger partial charge in [-0.3, -0.25) is 14.2 Å². The molecule has 8 nitrogen and oxygen atoms in total. The molecule has 0 radical (unpaired) electrons. The quantitative estimate of drug-likeness (QED) is 0.509. The second kappa shape index (κ2) is 6.88. The first kappa shape index (κ1) is 18.7. The third kappa shape index (κ3) is 2.85. The fourth-order valence-corrected chi connectivity index (χ4v) is 4.97. The number of nitrogens with one attached hydrogen (secondary N) is 1. The van der Waals surface area contributed by atoms with Gasteiger partial charge in [0.1, 0.15) is 28.0 Å². The number of carbonyl (C=O) groups is 1.